The van der Waals surface area contributed by atoms with Crippen LogP contribution >= 0.6 is 0 Å². The van der Waals surface area contributed by atoms with Gasteiger partial charge < -0.3 is 29.5 Å². The van der Waals surface area contributed by atoms with Crippen molar-refractivity contribution in [2.45, 2.75) is 0 Å². The molecule has 0 bridgehead atoms. The standard InChI is InChI=1S/C17H20N4O5/c22-13-2-1-3-14(12-13)25-10-11-26-16-15(18-4-5-19-16)20-6-8-21(9-7-20)17(23)24/h1-5,12,22H,6-11H2,(H,23,24). The second-order valence-electron chi connectivity index (χ2n) is 5.64. The molecule has 1 saturated heterocycles. The van der Waals surface area contributed by atoms with Crippen LogP contribution in [0, 0.1) is 0 Å². The number of amides is 1. The summed E-state index contributed by atoms with van der Waals surface area (Å²) < 4.78 is 11.2. The molecule has 9 heteroatoms. The van der Waals surface area contributed by atoms with Gasteiger partial charge in [-0.1, -0.05) is 6.07 Å². The summed E-state index contributed by atoms with van der Waals surface area (Å²) in [4.78, 5) is 22.9. The Labute approximate surface area is 150 Å². The molecule has 2 heterocycles. The van der Waals surface area contributed by atoms with Crippen molar-refractivity contribution in [3.63, 3.8) is 0 Å². The zero-order valence-corrected chi connectivity index (χ0v) is 14.1. The third-order valence-corrected chi connectivity index (χ3v) is 3.90. The molecule has 1 aromatic heterocycles. The van der Waals surface area contributed by atoms with Crippen LogP contribution < -0.4 is 14.4 Å². The highest BCUT2D eigenvalue weighted by atomic mass is 16.5. The molecule has 1 fully saturated rings. The van der Waals surface area contributed by atoms with Crippen LogP contribution in [0.25, 0.3) is 0 Å². The number of rotatable bonds is 6. The molecule has 1 amide bonds. The Morgan fingerprint density at radius 1 is 1.08 bits per heavy atom. The fourth-order valence-corrected chi connectivity index (χ4v) is 2.62. The minimum Gasteiger partial charge on any atom is -0.508 e. The van der Waals surface area contributed by atoms with E-state index in [0.29, 0.717) is 43.6 Å². The first-order chi connectivity index (χ1) is 12.6. The molecule has 0 aliphatic carbocycles. The van der Waals surface area contributed by atoms with Crippen LogP contribution in [-0.4, -0.2) is 70.6 Å². The summed E-state index contributed by atoms with van der Waals surface area (Å²) in [6, 6.07) is 6.54. The number of nitrogens with zero attached hydrogens (tertiary/aromatic N) is 4. The van der Waals surface area contributed by atoms with Gasteiger partial charge in [-0.3, -0.25) is 0 Å². The Kier molecular flexibility index (Phi) is 5.57. The van der Waals surface area contributed by atoms with Crippen molar-refractivity contribution in [3.8, 4) is 17.4 Å². The molecule has 0 atom stereocenters. The van der Waals surface area contributed by atoms with Gasteiger partial charge in [0, 0.05) is 44.6 Å². The lowest BCUT2D eigenvalue weighted by Gasteiger charge is -2.34. The summed E-state index contributed by atoms with van der Waals surface area (Å²) in [5.74, 6) is 1.67. The number of phenolic OH excluding ortho intramolecular Hbond substituents is 1. The predicted octanol–water partition coefficient (Wildman–Crippen LogP) is 1.44. The van der Waals surface area contributed by atoms with E-state index in [1.54, 1.807) is 30.6 Å². The molecule has 1 aliphatic rings. The predicted molar refractivity (Wildman–Crippen MR) is 92.9 cm³/mol. The van der Waals surface area contributed by atoms with E-state index in [1.165, 1.54) is 11.0 Å². The number of carbonyl (C=O) groups is 1. The third-order valence-electron chi connectivity index (χ3n) is 3.90. The van der Waals surface area contributed by atoms with Gasteiger partial charge in [0.15, 0.2) is 5.82 Å². The number of aromatic nitrogens is 2. The number of carboxylic acid groups (broad SMARTS) is 1. The highest BCUT2D eigenvalue weighted by Gasteiger charge is 2.23. The highest BCUT2D eigenvalue weighted by molar-refractivity contribution is 5.65. The van der Waals surface area contributed by atoms with Crippen LogP contribution in [-0.2, 0) is 0 Å². The number of anilines is 1. The van der Waals surface area contributed by atoms with E-state index in [0.717, 1.165) is 0 Å². The largest absolute Gasteiger partial charge is 0.508 e. The molecule has 0 spiro atoms. The average molecular weight is 360 g/mol. The van der Waals surface area contributed by atoms with E-state index in [4.69, 9.17) is 14.6 Å². The Morgan fingerprint density at radius 3 is 2.54 bits per heavy atom. The van der Waals surface area contributed by atoms with Crippen LogP contribution in [0.4, 0.5) is 10.6 Å². The molecule has 9 nitrogen and oxygen atoms in total. The minimum atomic E-state index is -0.913. The Bertz CT molecular complexity index is 749. The smallest absolute Gasteiger partial charge is 0.407 e. The van der Waals surface area contributed by atoms with Gasteiger partial charge in [0.05, 0.1) is 0 Å². The number of hydrogen-bond acceptors (Lipinski definition) is 7. The average Bonchev–Trinajstić information content (AvgIpc) is 2.66. The topological polar surface area (TPSA) is 108 Å². The van der Waals surface area contributed by atoms with Gasteiger partial charge in [0.2, 0.25) is 0 Å². The second-order valence-corrected chi connectivity index (χ2v) is 5.64. The summed E-state index contributed by atoms with van der Waals surface area (Å²) in [5, 5.41) is 18.4. The quantitative estimate of drug-likeness (QED) is 0.745. The molecule has 138 valence electrons. The maximum atomic E-state index is 11.0. The molecular formula is C17H20N4O5. The first-order valence-electron chi connectivity index (χ1n) is 8.22. The van der Waals surface area contributed by atoms with Crippen LogP contribution in [0.1, 0.15) is 0 Å². The summed E-state index contributed by atoms with van der Waals surface area (Å²) in [7, 11) is 0. The lowest BCUT2D eigenvalue weighted by molar-refractivity contribution is 0.142. The number of piperazine rings is 1. The van der Waals surface area contributed by atoms with Crippen molar-refractivity contribution >= 4 is 11.9 Å². The third kappa shape index (κ3) is 4.44. The maximum Gasteiger partial charge on any atom is 0.407 e. The van der Waals surface area contributed by atoms with Gasteiger partial charge in [0.1, 0.15) is 24.7 Å². The van der Waals surface area contributed by atoms with Crippen molar-refractivity contribution in [2.24, 2.45) is 0 Å². The molecule has 0 radical (unpaired) electrons. The number of aromatic hydroxyl groups is 1. The summed E-state index contributed by atoms with van der Waals surface area (Å²) in [6.07, 6.45) is 2.21. The monoisotopic (exact) mass is 360 g/mol. The van der Waals surface area contributed by atoms with Crippen LogP contribution in [0.3, 0.4) is 0 Å². The molecule has 2 aromatic rings. The summed E-state index contributed by atoms with van der Waals surface area (Å²) in [6.45, 7) is 2.42. The van der Waals surface area contributed by atoms with Crippen molar-refractivity contribution in [1.29, 1.82) is 0 Å². The van der Waals surface area contributed by atoms with Gasteiger partial charge in [-0.15, -0.1) is 0 Å². The van der Waals surface area contributed by atoms with E-state index >= 15 is 0 Å². The minimum absolute atomic E-state index is 0.139. The highest BCUT2D eigenvalue weighted by Crippen LogP contribution is 2.24. The second kappa shape index (κ2) is 8.24. The van der Waals surface area contributed by atoms with Crippen LogP contribution in [0.5, 0.6) is 17.4 Å². The molecular weight excluding hydrogens is 340 g/mol. The zero-order chi connectivity index (χ0) is 18.4. The van der Waals surface area contributed by atoms with Gasteiger partial charge in [0.25, 0.3) is 5.88 Å². The van der Waals surface area contributed by atoms with E-state index in [1.807, 2.05) is 4.90 Å². The lowest BCUT2D eigenvalue weighted by atomic mass is 10.3. The van der Waals surface area contributed by atoms with Crippen LogP contribution in [0.15, 0.2) is 36.7 Å². The Balaban J connectivity index is 1.53. The van der Waals surface area contributed by atoms with Gasteiger partial charge in [-0.25, -0.2) is 14.8 Å². The number of ether oxygens (including phenoxy) is 2. The number of phenols is 1. The SMILES string of the molecule is O=C(O)N1CCN(c2nccnc2OCCOc2cccc(O)c2)CC1. The van der Waals surface area contributed by atoms with E-state index in [2.05, 4.69) is 9.97 Å². The fraction of sp³-hybridized carbons (Fsp3) is 0.353. The fourth-order valence-electron chi connectivity index (χ4n) is 2.62. The molecule has 0 saturated carbocycles. The molecule has 1 aliphatic heterocycles. The van der Waals surface area contributed by atoms with E-state index in [-0.39, 0.29) is 19.0 Å². The van der Waals surface area contributed by atoms with Crippen molar-refractivity contribution in [1.82, 2.24) is 14.9 Å². The molecule has 26 heavy (non-hydrogen) atoms. The molecule has 0 unspecified atom stereocenters. The number of hydrogen-bond donors (Lipinski definition) is 2. The van der Waals surface area contributed by atoms with Crippen molar-refractivity contribution in [3.05, 3.63) is 36.7 Å². The Hall–Kier alpha value is -3.23. The first-order valence-corrected chi connectivity index (χ1v) is 8.22. The first kappa shape index (κ1) is 17.6. The van der Waals surface area contributed by atoms with E-state index < -0.39 is 6.09 Å². The Morgan fingerprint density at radius 2 is 1.81 bits per heavy atom. The zero-order valence-electron chi connectivity index (χ0n) is 14.1. The molecule has 1 aromatic carbocycles. The van der Waals surface area contributed by atoms with Crippen LogP contribution in [0.2, 0.25) is 0 Å². The van der Waals surface area contributed by atoms with Gasteiger partial charge in [-0.2, -0.15) is 0 Å². The summed E-state index contributed by atoms with van der Waals surface area (Å²) in [5.41, 5.74) is 0. The molecule has 3 rings (SSSR count). The van der Waals surface area contributed by atoms with E-state index in [9.17, 15) is 9.90 Å². The van der Waals surface area contributed by atoms with Crippen molar-refractivity contribution < 1.29 is 24.5 Å². The lowest BCUT2D eigenvalue weighted by Crippen LogP contribution is -2.48. The van der Waals surface area contributed by atoms with Gasteiger partial charge in [-0.05, 0) is 12.1 Å². The van der Waals surface area contributed by atoms with Crippen molar-refractivity contribution in [2.75, 3.05) is 44.3 Å². The summed E-state index contributed by atoms with van der Waals surface area (Å²) >= 11 is 0. The maximum absolute atomic E-state index is 11.0. The normalized spacial score (nSPS) is 14.2. The van der Waals surface area contributed by atoms with Gasteiger partial charge >= 0.3 is 6.09 Å². The number of benzene rings is 1. The molecule has 2 N–H and O–H groups in total.